The van der Waals surface area contributed by atoms with Crippen LogP contribution in [0.15, 0.2) is 30.3 Å². The fourth-order valence-electron chi connectivity index (χ4n) is 1.28. The van der Waals surface area contributed by atoms with E-state index in [1.165, 1.54) is 0 Å². The van der Waals surface area contributed by atoms with Crippen LogP contribution in [0, 0.1) is 0 Å². The lowest BCUT2D eigenvalue weighted by Crippen LogP contribution is -2.22. The SMILES string of the molecule is CCOC(C)C(=O)Cc1ccccc1. The fourth-order valence-corrected chi connectivity index (χ4v) is 1.28. The zero-order chi connectivity index (χ0) is 10.4. The van der Waals surface area contributed by atoms with E-state index in [1.54, 1.807) is 6.92 Å². The Morgan fingerprint density at radius 3 is 2.57 bits per heavy atom. The largest absolute Gasteiger partial charge is 0.371 e. The Kier molecular flexibility index (Phi) is 4.33. The Balaban J connectivity index is 2.49. The Hall–Kier alpha value is -1.15. The molecule has 2 heteroatoms. The average Bonchev–Trinajstić information content (AvgIpc) is 2.19. The first-order valence-corrected chi connectivity index (χ1v) is 4.92. The zero-order valence-electron chi connectivity index (χ0n) is 8.69. The van der Waals surface area contributed by atoms with Crippen LogP contribution in [0.4, 0.5) is 0 Å². The molecule has 1 aromatic carbocycles. The molecule has 0 N–H and O–H groups in total. The molecule has 1 atom stereocenters. The Morgan fingerprint density at radius 2 is 2.00 bits per heavy atom. The second-order valence-corrected chi connectivity index (χ2v) is 3.23. The van der Waals surface area contributed by atoms with Crippen molar-refractivity contribution < 1.29 is 9.53 Å². The maximum atomic E-state index is 11.6. The summed E-state index contributed by atoms with van der Waals surface area (Å²) in [5, 5.41) is 0. The molecule has 2 nitrogen and oxygen atoms in total. The Bertz CT molecular complexity index is 280. The third-order valence-corrected chi connectivity index (χ3v) is 2.09. The monoisotopic (exact) mass is 192 g/mol. The molecule has 1 unspecified atom stereocenters. The highest BCUT2D eigenvalue weighted by Gasteiger charge is 2.12. The molecule has 0 heterocycles. The van der Waals surface area contributed by atoms with Gasteiger partial charge in [-0.2, -0.15) is 0 Å². The van der Waals surface area contributed by atoms with Crippen molar-refractivity contribution in [3.8, 4) is 0 Å². The van der Waals surface area contributed by atoms with E-state index < -0.39 is 0 Å². The van der Waals surface area contributed by atoms with Crippen molar-refractivity contribution in [3.05, 3.63) is 35.9 Å². The minimum atomic E-state index is -0.291. The lowest BCUT2D eigenvalue weighted by atomic mass is 10.1. The number of Topliss-reactive ketones (excluding diaryl/α,β-unsaturated/α-hetero) is 1. The van der Waals surface area contributed by atoms with E-state index in [9.17, 15) is 4.79 Å². The summed E-state index contributed by atoms with van der Waals surface area (Å²) in [7, 11) is 0. The smallest absolute Gasteiger partial charge is 0.165 e. The van der Waals surface area contributed by atoms with Crippen molar-refractivity contribution in [1.29, 1.82) is 0 Å². The zero-order valence-corrected chi connectivity index (χ0v) is 8.69. The first-order valence-electron chi connectivity index (χ1n) is 4.92. The van der Waals surface area contributed by atoms with Crippen LogP contribution < -0.4 is 0 Å². The van der Waals surface area contributed by atoms with Crippen LogP contribution in [0.5, 0.6) is 0 Å². The van der Waals surface area contributed by atoms with Crippen LogP contribution in [0.25, 0.3) is 0 Å². The molecular weight excluding hydrogens is 176 g/mol. The molecule has 0 spiro atoms. The van der Waals surface area contributed by atoms with E-state index in [1.807, 2.05) is 37.3 Å². The van der Waals surface area contributed by atoms with Gasteiger partial charge in [-0.25, -0.2) is 0 Å². The first-order chi connectivity index (χ1) is 6.74. The van der Waals surface area contributed by atoms with Gasteiger partial charge in [-0.05, 0) is 19.4 Å². The summed E-state index contributed by atoms with van der Waals surface area (Å²) < 4.78 is 5.23. The molecule has 0 amide bonds. The number of ketones is 1. The van der Waals surface area contributed by atoms with Crippen molar-refractivity contribution in [2.75, 3.05) is 6.61 Å². The minimum absolute atomic E-state index is 0.137. The molecule has 0 aliphatic carbocycles. The van der Waals surface area contributed by atoms with E-state index >= 15 is 0 Å². The first kappa shape index (κ1) is 10.9. The number of rotatable bonds is 5. The number of hydrogen-bond acceptors (Lipinski definition) is 2. The van der Waals surface area contributed by atoms with E-state index in [0.717, 1.165) is 5.56 Å². The second kappa shape index (κ2) is 5.55. The van der Waals surface area contributed by atoms with Crippen molar-refractivity contribution >= 4 is 5.78 Å². The summed E-state index contributed by atoms with van der Waals surface area (Å²) in [4.78, 5) is 11.6. The van der Waals surface area contributed by atoms with Gasteiger partial charge in [0.15, 0.2) is 5.78 Å². The quantitative estimate of drug-likeness (QED) is 0.715. The summed E-state index contributed by atoms with van der Waals surface area (Å²) in [6, 6.07) is 9.73. The Labute approximate surface area is 84.9 Å². The lowest BCUT2D eigenvalue weighted by molar-refractivity contribution is -0.128. The van der Waals surface area contributed by atoms with Crippen molar-refractivity contribution in [2.45, 2.75) is 26.4 Å². The van der Waals surface area contributed by atoms with E-state index in [0.29, 0.717) is 13.0 Å². The molecule has 0 saturated heterocycles. The molecule has 0 saturated carbocycles. The van der Waals surface area contributed by atoms with Gasteiger partial charge in [0.2, 0.25) is 0 Å². The van der Waals surface area contributed by atoms with Crippen LogP contribution in [-0.4, -0.2) is 18.5 Å². The number of carbonyl (C=O) groups is 1. The maximum Gasteiger partial charge on any atom is 0.165 e. The lowest BCUT2D eigenvalue weighted by Gasteiger charge is -2.09. The van der Waals surface area contributed by atoms with Crippen LogP contribution in [-0.2, 0) is 16.0 Å². The standard InChI is InChI=1S/C12H16O2/c1-3-14-10(2)12(13)9-11-7-5-4-6-8-11/h4-8,10H,3,9H2,1-2H3. The van der Waals surface area contributed by atoms with Gasteiger partial charge < -0.3 is 4.74 Å². The van der Waals surface area contributed by atoms with E-state index in [4.69, 9.17) is 4.74 Å². The summed E-state index contributed by atoms with van der Waals surface area (Å²) in [6.45, 7) is 4.28. The maximum absolute atomic E-state index is 11.6. The summed E-state index contributed by atoms with van der Waals surface area (Å²) >= 11 is 0. The van der Waals surface area contributed by atoms with E-state index in [2.05, 4.69) is 0 Å². The van der Waals surface area contributed by atoms with Crippen molar-refractivity contribution in [2.24, 2.45) is 0 Å². The Morgan fingerprint density at radius 1 is 1.36 bits per heavy atom. The predicted octanol–water partition coefficient (Wildman–Crippen LogP) is 2.22. The predicted molar refractivity (Wildman–Crippen MR) is 56.2 cm³/mol. The van der Waals surface area contributed by atoms with Gasteiger partial charge in [0.05, 0.1) is 0 Å². The molecule has 0 fully saturated rings. The minimum Gasteiger partial charge on any atom is -0.371 e. The molecule has 0 aliphatic rings. The normalized spacial score (nSPS) is 12.4. The van der Waals surface area contributed by atoms with E-state index in [-0.39, 0.29) is 11.9 Å². The number of benzene rings is 1. The van der Waals surface area contributed by atoms with Crippen molar-refractivity contribution in [3.63, 3.8) is 0 Å². The molecule has 14 heavy (non-hydrogen) atoms. The van der Waals surface area contributed by atoms with Gasteiger partial charge in [-0.1, -0.05) is 30.3 Å². The molecule has 0 bridgehead atoms. The second-order valence-electron chi connectivity index (χ2n) is 3.23. The van der Waals surface area contributed by atoms with Gasteiger partial charge in [0.25, 0.3) is 0 Å². The molecule has 0 radical (unpaired) electrons. The fraction of sp³-hybridized carbons (Fsp3) is 0.417. The van der Waals surface area contributed by atoms with Crippen molar-refractivity contribution in [1.82, 2.24) is 0 Å². The van der Waals surface area contributed by atoms with Crippen LogP contribution in [0.2, 0.25) is 0 Å². The number of ether oxygens (including phenoxy) is 1. The molecule has 0 aliphatic heterocycles. The topological polar surface area (TPSA) is 26.3 Å². The van der Waals surface area contributed by atoms with Gasteiger partial charge >= 0.3 is 0 Å². The molecule has 0 aromatic heterocycles. The van der Waals surface area contributed by atoms with Crippen LogP contribution >= 0.6 is 0 Å². The van der Waals surface area contributed by atoms with Gasteiger partial charge in [-0.3, -0.25) is 4.79 Å². The van der Waals surface area contributed by atoms with Gasteiger partial charge in [0.1, 0.15) is 6.10 Å². The summed E-state index contributed by atoms with van der Waals surface area (Å²) in [5.41, 5.74) is 1.05. The number of carbonyl (C=O) groups excluding carboxylic acids is 1. The third-order valence-electron chi connectivity index (χ3n) is 2.09. The summed E-state index contributed by atoms with van der Waals surface area (Å²) in [5.74, 6) is 0.137. The molecular formula is C12H16O2. The summed E-state index contributed by atoms with van der Waals surface area (Å²) in [6.07, 6.45) is 0.169. The average molecular weight is 192 g/mol. The highest BCUT2D eigenvalue weighted by molar-refractivity contribution is 5.84. The highest BCUT2D eigenvalue weighted by atomic mass is 16.5. The van der Waals surface area contributed by atoms with Crippen LogP contribution in [0.3, 0.4) is 0 Å². The van der Waals surface area contributed by atoms with Gasteiger partial charge in [0, 0.05) is 13.0 Å². The highest BCUT2D eigenvalue weighted by Crippen LogP contribution is 2.03. The number of hydrogen-bond donors (Lipinski definition) is 0. The molecule has 76 valence electrons. The van der Waals surface area contributed by atoms with Crippen LogP contribution in [0.1, 0.15) is 19.4 Å². The third kappa shape index (κ3) is 3.30. The van der Waals surface area contributed by atoms with Gasteiger partial charge in [-0.15, -0.1) is 0 Å². The molecule has 1 rings (SSSR count). The molecule has 1 aromatic rings.